The van der Waals surface area contributed by atoms with Crippen molar-refractivity contribution in [3.05, 3.63) is 23.2 Å². The predicted molar refractivity (Wildman–Crippen MR) is 77.4 cm³/mol. The molecule has 21 heavy (non-hydrogen) atoms. The average molecular weight is 312 g/mol. The number of aromatic nitrogens is 1. The number of carboxylic acids is 1. The van der Waals surface area contributed by atoms with Gasteiger partial charge in [0.1, 0.15) is 11.5 Å². The van der Waals surface area contributed by atoms with E-state index < -0.39 is 11.9 Å². The third-order valence-electron chi connectivity index (χ3n) is 2.36. The van der Waals surface area contributed by atoms with Crippen LogP contribution in [0.3, 0.4) is 0 Å². The molecule has 2 N–H and O–H groups in total. The lowest BCUT2D eigenvalue weighted by atomic mass is 10.2. The smallest absolute Gasteiger partial charge is 0.350 e. The third-order valence-corrected chi connectivity index (χ3v) is 3.41. The van der Waals surface area contributed by atoms with Crippen LogP contribution in [-0.2, 0) is 14.3 Å². The van der Waals surface area contributed by atoms with Crippen molar-refractivity contribution < 1.29 is 24.2 Å². The van der Waals surface area contributed by atoms with Crippen LogP contribution in [0.2, 0.25) is 0 Å². The van der Waals surface area contributed by atoms with Crippen molar-refractivity contribution in [3.8, 4) is 0 Å². The van der Waals surface area contributed by atoms with Gasteiger partial charge in [-0.3, -0.25) is 9.59 Å². The van der Waals surface area contributed by atoms with Gasteiger partial charge in [0.25, 0.3) is 0 Å². The molecule has 0 aromatic carbocycles. The van der Waals surface area contributed by atoms with E-state index in [-0.39, 0.29) is 31.8 Å². The molecular formula is C13H16N2O5S. The molecule has 0 bridgehead atoms. The number of hydrogen-bond donors (Lipinski definition) is 2. The number of aryl methyl sites for hydroxylation is 1. The van der Waals surface area contributed by atoms with E-state index in [9.17, 15) is 14.4 Å². The summed E-state index contributed by atoms with van der Waals surface area (Å²) >= 11 is 1.02. The third kappa shape index (κ3) is 5.74. The highest BCUT2D eigenvalue weighted by Crippen LogP contribution is 2.23. The Hall–Kier alpha value is -2.22. The van der Waals surface area contributed by atoms with Crippen molar-refractivity contribution in [1.82, 2.24) is 4.98 Å². The van der Waals surface area contributed by atoms with Crippen LogP contribution < -0.4 is 5.32 Å². The zero-order chi connectivity index (χ0) is 15.8. The van der Waals surface area contributed by atoms with Crippen LogP contribution in [0.5, 0.6) is 0 Å². The standard InChI is InChI=1S/C13H16N2O5S/c1-3-7-20-12(19)11-8(2)14-13(21-11)15-9(16)5-4-6-10(17)18/h3H,1,4-7H2,2H3,(H,17,18)(H,14,15,16). The summed E-state index contributed by atoms with van der Waals surface area (Å²) in [6, 6.07) is 0. The summed E-state index contributed by atoms with van der Waals surface area (Å²) in [6.07, 6.45) is 1.73. The van der Waals surface area contributed by atoms with Gasteiger partial charge in [-0.1, -0.05) is 24.0 Å². The Bertz CT molecular complexity index is 553. The topological polar surface area (TPSA) is 106 Å². The van der Waals surface area contributed by atoms with Gasteiger partial charge in [0.2, 0.25) is 5.91 Å². The van der Waals surface area contributed by atoms with E-state index in [1.807, 2.05) is 0 Å². The van der Waals surface area contributed by atoms with E-state index in [0.717, 1.165) is 11.3 Å². The van der Waals surface area contributed by atoms with Crippen LogP contribution in [0, 0.1) is 6.92 Å². The Balaban J connectivity index is 2.56. The van der Waals surface area contributed by atoms with Crippen molar-refractivity contribution in [2.24, 2.45) is 0 Å². The Labute approximate surface area is 125 Å². The minimum absolute atomic E-state index is 0.0660. The molecular weight excluding hydrogens is 296 g/mol. The van der Waals surface area contributed by atoms with Gasteiger partial charge in [-0.2, -0.15) is 0 Å². The fourth-order valence-electron chi connectivity index (χ4n) is 1.42. The molecule has 0 saturated carbocycles. The van der Waals surface area contributed by atoms with E-state index in [0.29, 0.717) is 15.7 Å². The van der Waals surface area contributed by atoms with Gasteiger partial charge in [0.15, 0.2) is 5.13 Å². The average Bonchev–Trinajstić information content (AvgIpc) is 2.76. The molecule has 0 fully saturated rings. The number of anilines is 1. The highest BCUT2D eigenvalue weighted by atomic mass is 32.1. The maximum Gasteiger partial charge on any atom is 0.350 e. The molecule has 1 aromatic heterocycles. The van der Waals surface area contributed by atoms with Gasteiger partial charge in [-0.25, -0.2) is 9.78 Å². The zero-order valence-electron chi connectivity index (χ0n) is 11.5. The minimum atomic E-state index is -0.944. The number of ether oxygens (including phenoxy) is 1. The lowest BCUT2D eigenvalue weighted by Crippen LogP contribution is -2.11. The van der Waals surface area contributed by atoms with E-state index in [1.54, 1.807) is 6.92 Å². The van der Waals surface area contributed by atoms with Gasteiger partial charge in [0.05, 0.1) is 5.69 Å². The normalized spacial score (nSPS) is 9.95. The Kier molecular flexibility index (Phi) is 6.54. The highest BCUT2D eigenvalue weighted by Gasteiger charge is 2.17. The Morgan fingerprint density at radius 1 is 1.43 bits per heavy atom. The minimum Gasteiger partial charge on any atom is -0.481 e. The van der Waals surface area contributed by atoms with E-state index >= 15 is 0 Å². The van der Waals surface area contributed by atoms with Gasteiger partial charge < -0.3 is 15.2 Å². The summed E-state index contributed by atoms with van der Waals surface area (Å²) < 4.78 is 4.90. The van der Waals surface area contributed by atoms with Crippen molar-refractivity contribution in [2.45, 2.75) is 26.2 Å². The Morgan fingerprint density at radius 2 is 2.14 bits per heavy atom. The number of carbonyl (C=O) groups is 3. The monoisotopic (exact) mass is 312 g/mol. The largest absolute Gasteiger partial charge is 0.481 e. The SMILES string of the molecule is C=CCOC(=O)c1sc(NC(=O)CCCC(=O)O)nc1C. The van der Waals surface area contributed by atoms with Crippen LogP contribution in [0.15, 0.2) is 12.7 Å². The number of thiazole rings is 1. The number of esters is 1. The quantitative estimate of drug-likeness (QED) is 0.561. The molecule has 0 aliphatic rings. The highest BCUT2D eigenvalue weighted by molar-refractivity contribution is 7.17. The van der Waals surface area contributed by atoms with Crippen LogP contribution in [0.4, 0.5) is 5.13 Å². The van der Waals surface area contributed by atoms with Crippen LogP contribution in [-0.4, -0.2) is 34.5 Å². The van der Waals surface area contributed by atoms with Crippen molar-refractivity contribution in [2.75, 3.05) is 11.9 Å². The first kappa shape index (κ1) is 16.8. The van der Waals surface area contributed by atoms with Gasteiger partial charge >= 0.3 is 11.9 Å². The first-order valence-electron chi connectivity index (χ1n) is 6.21. The fourth-order valence-corrected chi connectivity index (χ4v) is 2.30. The van der Waals surface area contributed by atoms with Gasteiger partial charge in [-0.05, 0) is 13.3 Å². The summed E-state index contributed by atoms with van der Waals surface area (Å²) in [4.78, 5) is 38.0. The number of carbonyl (C=O) groups excluding carboxylic acids is 2. The number of rotatable bonds is 8. The molecule has 0 spiro atoms. The lowest BCUT2D eigenvalue weighted by molar-refractivity contribution is -0.137. The molecule has 0 radical (unpaired) electrons. The summed E-state index contributed by atoms with van der Waals surface area (Å²) in [5.41, 5.74) is 0.467. The first-order chi connectivity index (χ1) is 9.93. The maximum atomic E-state index is 11.7. The number of nitrogens with one attached hydrogen (secondary N) is 1. The van der Waals surface area contributed by atoms with Gasteiger partial charge in [-0.15, -0.1) is 0 Å². The van der Waals surface area contributed by atoms with Crippen molar-refractivity contribution >= 4 is 34.3 Å². The lowest BCUT2D eigenvalue weighted by Gasteiger charge is -2.00. The number of nitrogens with zero attached hydrogens (tertiary/aromatic N) is 1. The van der Waals surface area contributed by atoms with Crippen LogP contribution in [0.25, 0.3) is 0 Å². The second kappa shape index (κ2) is 8.15. The summed E-state index contributed by atoms with van der Waals surface area (Å²) in [7, 11) is 0. The molecule has 1 aromatic rings. The number of aliphatic carboxylic acids is 1. The van der Waals surface area contributed by atoms with Crippen molar-refractivity contribution in [1.29, 1.82) is 0 Å². The number of hydrogen-bond acceptors (Lipinski definition) is 6. The predicted octanol–water partition coefficient (Wildman–Crippen LogP) is 1.99. The Morgan fingerprint density at radius 3 is 2.76 bits per heavy atom. The molecule has 0 saturated heterocycles. The first-order valence-corrected chi connectivity index (χ1v) is 7.02. The molecule has 114 valence electrons. The van der Waals surface area contributed by atoms with E-state index in [4.69, 9.17) is 9.84 Å². The molecule has 8 heteroatoms. The number of amides is 1. The molecule has 0 unspecified atom stereocenters. The second-order valence-corrected chi connectivity index (χ2v) is 5.12. The summed E-state index contributed by atoms with van der Waals surface area (Å²) in [5, 5.41) is 11.3. The van der Waals surface area contributed by atoms with E-state index in [2.05, 4.69) is 16.9 Å². The van der Waals surface area contributed by atoms with Gasteiger partial charge in [0, 0.05) is 12.8 Å². The van der Waals surface area contributed by atoms with Crippen molar-refractivity contribution in [3.63, 3.8) is 0 Å². The van der Waals surface area contributed by atoms with Crippen LogP contribution in [0.1, 0.15) is 34.6 Å². The maximum absolute atomic E-state index is 11.7. The molecule has 0 aliphatic carbocycles. The molecule has 0 atom stereocenters. The fraction of sp³-hybridized carbons (Fsp3) is 0.385. The number of carboxylic acid groups (broad SMARTS) is 1. The molecule has 1 heterocycles. The molecule has 7 nitrogen and oxygen atoms in total. The van der Waals surface area contributed by atoms with E-state index in [1.165, 1.54) is 6.08 Å². The molecule has 0 aliphatic heterocycles. The summed E-state index contributed by atoms with van der Waals surface area (Å²) in [6.45, 7) is 5.19. The zero-order valence-corrected chi connectivity index (χ0v) is 12.4. The van der Waals surface area contributed by atoms with Crippen LogP contribution >= 0.6 is 11.3 Å². The second-order valence-electron chi connectivity index (χ2n) is 4.12. The summed E-state index contributed by atoms with van der Waals surface area (Å²) in [5.74, 6) is -1.80. The molecule has 1 amide bonds. The molecule has 1 rings (SSSR count).